The number of fused-ring (bicyclic) bond motifs is 2. The lowest BCUT2D eigenvalue weighted by molar-refractivity contribution is -0.137. The molecule has 2 aromatic rings. The van der Waals surface area contributed by atoms with Gasteiger partial charge in [0.25, 0.3) is 0 Å². The fourth-order valence-corrected chi connectivity index (χ4v) is 4.76. The molecule has 1 amide bonds. The van der Waals surface area contributed by atoms with Gasteiger partial charge in [0.2, 0.25) is 5.91 Å². The Bertz CT molecular complexity index is 966. The third kappa shape index (κ3) is 4.52. The molecular formula is C24H26F4N2O2. The van der Waals surface area contributed by atoms with E-state index in [1.54, 1.807) is 6.92 Å². The quantitative estimate of drug-likeness (QED) is 0.647. The van der Waals surface area contributed by atoms with E-state index < -0.39 is 30.1 Å². The fraction of sp³-hybridized carbons (Fsp3) is 0.458. The van der Waals surface area contributed by atoms with E-state index in [1.807, 2.05) is 30.3 Å². The lowest BCUT2D eigenvalue weighted by Gasteiger charge is -2.52. The number of nitrogens with zero attached hydrogens (tertiary/aromatic N) is 1. The highest BCUT2D eigenvalue weighted by Crippen LogP contribution is 2.41. The number of amides is 1. The molecule has 8 heteroatoms. The van der Waals surface area contributed by atoms with Crippen molar-refractivity contribution in [2.45, 2.75) is 50.3 Å². The Morgan fingerprint density at radius 2 is 1.97 bits per heavy atom. The van der Waals surface area contributed by atoms with E-state index in [2.05, 4.69) is 10.2 Å². The minimum atomic E-state index is -4.57. The molecule has 0 radical (unpaired) electrons. The van der Waals surface area contributed by atoms with Crippen molar-refractivity contribution in [3.63, 3.8) is 0 Å². The number of ether oxygens (including phenoxy) is 1. The van der Waals surface area contributed by atoms with E-state index in [4.69, 9.17) is 4.74 Å². The van der Waals surface area contributed by atoms with Crippen LogP contribution in [0.3, 0.4) is 0 Å². The van der Waals surface area contributed by atoms with Crippen molar-refractivity contribution < 1.29 is 27.1 Å². The summed E-state index contributed by atoms with van der Waals surface area (Å²) in [6, 6.07) is 13.1. The zero-order valence-corrected chi connectivity index (χ0v) is 17.8. The van der Waals surface area contributed by atoms with Gasteiger partial charge in [0.15, 0.2) is 0 Å². The van der Waals surface area contributed by atoms with Gasteiger partial charge in [-0.25, -0.2) is 4.39 Å². The lowest BCUT2D eigenvalue weighted by atomic mass is 9.78. The van der Waals surface area contributed by atoms with Crippen LogP contribution in [0.5, 0.6) is 0 Å². The summed E-state index contributed by atoms with van der Waals surface area (Å²) in [4.78, 5) is 14.3. The Hall–Kier alpha value is -2.45. The molecule has 0 spiro atoms. The van der Waals surface area contributed by atoms with Gasteiger partial charge in [-0.2, -0.15) is 13.2 Å². The van der Waals surface area contributed by atoms with Crippen molar-refractivity contribution in [3.05, 3.63) is 70.8 Å². The van der Waals surface area contributed by atoms with Gasteiger partial charge in [-0.3, -0.25) is 9.69 Å². The average molecular weight is 450 g/mol. The van der Waals surface area contributed by atoms with Gasteiger partial charge < -0.3 is 10.1 Å². The number of halogens is 4. The van der Waals surface area contributed by atoms with Crippen LogP contribution in [0.25, 0.3) is 0 Å². The van der Waals surface area contributed by atoms with Crippen LogP contribution < -0.4 is 5.32 Å². The van der Waals surface area contributed by atoms with Gasteiger partial charge in [0, 0.05) is 12.6 Å². The van der Waals surface area contributed by atoms with E-state index in [0.717, 1.165) is 30.5 Å². The van der Waals surface area contributed by atoms with Gasteiger partial charge >= 0.3 is 6.18 Å². The van der Waals surface area contributed by atoms with Crippen LogP contribution in [-0.2, 0) is 27.9 Å². The Labute approximate surface area is 184 Å². The third-order valence-electron chi connectivity index (χ3n) is 6.50. The smallest absolute Gasteiger partial charge is 0.372 e. The van der Waals surface area contributed by atoms with Crippen molar-refractivity contribution in [1.82, 2.24) is 10.2 Å². The zero-order valence-electron chi connectivity index (χ0n) is 17.8. The molecule has 2 heterocycles. The molecule has 0 aromatic heterocycles. The number of carbonyl (C=O) groups is 1. The second-order valence-electron chi connectivity index (χ2n) is 8.63. The van der Waals surface area contributed by atoms with Crippen molar-refractivity contribution in [1.29, 1.82) is 0 Å². The minimum absolute atomic E-state index is 0.0312. The summed E-state index contributed by atoms with van der Waals surface area (Å²) >= 11 is 0. The van der Waals surface area contributed by atoms with E-state index in [-0.39, 0.29) is 36.2 Å². The Morgan fingerprint density at radius 3 is 2.66 bits per heavy atom. The molecular weight excluding hydrogens is 424 g/mol. The van der Waals surface area contributed by atoms with E-state index >= 15 is 0 Å². The largest absolute Gasteiger partial charge is 0.416 e. The van der Waals surface area contributed by atoms with Gasteiger partial charge in [-0.15, -0.1) is 0 Å². The van der Waals surface area contributed by atoms with Crippen LogP contribution in [0, 0.1) is 0 Å². The van der Waals surface area contributed by atoms with Crippen LogP contribution in [0.2, 0.25) is 0 Å². The van der Waals surface area contributed by atoms with Crippen LogP contribution in [-0.4, -0.2) is 36.5 Å². The van der Waals surface area contributed by atoms with Crippen molar-refractivity contribution in [2.24, 2.45) is 0 Å². The monoisotopic (exact) mass is 450 g/mol. The molecule has 2 bridgehead atoms. The summed E-state index contributed by atoms with van der Waals surface area (Å²) in [5.74, 6) is -0.0419. The van der Waals surface area contributed by atoms with Gasteiger partial charge in [0.05, 0.1) is 30.4 Å². The Morgan fingerprint density at radius 1 is 1.22 bits per heavy atom. The number of hydrogen-bond acceptors (Lipinski definition) is 3. The van der Waals surface area contributed by atoms with E-state index in [1.165, 1.54) is 6.07 Å². The summed E-state index contributed by atoms with van der Waals surface area (Å²) in [6.45, 7) is 1.82. The predicted molar refractivity (Wildman–Crippen MR) is 111 cm³/mol. The second-order valence-corrected chi connectivity index (χ2v) is 8.63. The van der Waals surface area contributed by atoms with Crippen LogP contribution >= 0.6 is 0 Å². The first-order valence-corrected chi connectivity index (χ1v) is 10.7. The Balaban J connectivity index is 1.61. The summed E-state index contributed by atoms with van der Waals surface area (Å²) in [5, 5.41) is 3.00. The highest BCUT2D eigenvalue weighted by molar-refractivity contribution is 5.79. The van der Waals surface area contributed by atoms with Crippen LogP contribution in [0.1, 0.15) is 48.1 Å². The number of hydrogen-bond donors (Lipinski definition) is 1. The molecule has 0 aliphatic carbocycles. The van der Waals surface area contributed by atoms with Crippen molar-refractivity contribution >= 4 is 5.91 Å². The molecule has 32 heavy (non-hydrogen) atoms. The standard InChI is InChI=1S/C24H26F4N2O2/c1-16(18-9-17(12-25)10-20(11-18)24(26,27)28)32-15-23(19-5-3-2-4-6-19)8-7-21-13-30(23)14-22(31)29-21/h2-6,9-11,16,21H,7-8,12-15H2,1H3,(H,29,31)/t16-,21+,23-/m1/s1. The number of alkyl halides is 4. The maximum Gasteiger partial charge on any atom is 0.416 e. The molecule has 4 rings (SSSR count). The van der Waals surface area contributed by atoms with E-state index in [0.29, 0.717) is 6.54 Å². The number of benzene rings is 2. The first-order chi connectivity index (χ1) is 15.2. The molecule has 4 atom stereocenters. The molecule has 172 valence electrons. The van der Waals surface area contributed by atoms with Crippen LogP contribution in [0.4, 0.5) is 17.6 Å². The normalized spacial score (nSPS) is 26.5. The molecule has 2 aliphatic heterocycles. The summed E-state index contributed by atoms with van der Waals surface area (Å²) in [6.07, 6.45) is -3.72. The van der Waals surface area contributed by atoms with Gasteiger partial charge in [-0.1, -0.05) is 36.4 Å². The number of rotatable bonds is 6. The summed E-state index contributed by atoms with van der Waals surface area (Å²) in [7, 11) is 0. The molecule has 2 aromatic carbocycles. The number of carbonyl (C=O) groups excluding carboxylic acids is 1. The number of piperidine rings is 1. The second kappa shape index (κ2) is 8.83. The first-order valence-electron chi connectivity index (χ1n) is 10.7. The predicted octanol–water partition coefficient (Wildman–Crippen LogP) is 4.74. The first kappa shape index (κ1) is 22.7. The maximum absolute atomic E-state index is 13.3. The Kier molecular flexibility index (Phi) is 6.27. The fourth-order valence-electron chi connectivity index (χ4n) is 4.76. The maximum atomic E-state index is 13.3. The molecule has 0 saturated carbocycles. The molecule has 4 nitrogen and oxygen atoms in total. The van der Waals surface area contributed by atoms with Gasteiger partial charge in [0.1, 0.15) is 6.67 Å². The number of nitrogens with one attached hydrogen (secondary N) is 1. The SMILES string of the molecule is C[C@@H](OC[C@@]1(c2ccccc2)CC[C@H]2CN1CC(=O)N2)c1cc(CF)cc(C(F)(F)F)c1. The highest BCUT2D eigenvalue weighted by atomic mass is 19.4. The molecule has 2 fully saturated rings. The van der Waals surface area contributed by atoms with E-state index in [9.17, 15) is 22.4 Å². The molecule has 2 saturated heterocycles. The highest BCUT2D eigenvalue weighted by Gasteiger charge is 2.47. The van der Waals surface area contributed by atoms with Gasteiger partial charge in [-0.05, 0) is 48.6 Å². The minimum Gasteiger partial charge on any atom is -0.372 e. The third-order valence-corrected chi connectivity index (χ3v) is 6.50. The topological polar surface area (TPSA) is 41.6 Å². The number of piperazine rings is 1. The lowest BCUT2D eigenvalue weighted by Crippen LogP contribution is -2.65. The van der Waals surface area contributed by atoms with Crippen LogP contribution in [0.15, 0.2) is 48.5 Å². The summed E-state index contributed by atoms with van der Waals surface area (Å²) in [5.41, 5.74) is -0.191. The average Bonchev–Trinajstić information content (AvgIpc) is 2.78. The molecule has 1 unspecified atom stereocenters. The van der Waals surface area contributed by atoms with Crippen molar-refractivity contribution in [2.75, 3.05) is 19.7 Å². The van der Waals surface area contributed by atoms with Crippen molar-refractivity contribution in [3.8, 4) is 0 Å². The molecule has 1 N–H and O–H groups in total. The summed E-state index contributed by atoms with van der Waals surface area (Å²) < 4.78 is 59.2. The molecule has 2 aliphatic rings. The zero-order chi connectivity index (χ0) is 22.9.